The largest absolute Gasteiger partial charge is 0.493 e. The number of likely N-dealkylation sites (tertiary alicyclic amines) is 1. The van der Waals surface area contributed by atoms with E-state index in [-0.39, 0.29) is 0 Å². The molecule has 1 aliphatic rings. The highest BCUT2D eigenvalue weighted by Crippen LogP contribution is 2.29. The van der Waals surface area contributed by atoms with Crippen LogP contribution in [0.5, 0.6) is 11.5 Å². The third kappa shape index (κ3) is 3.66. The molecule has 3 heteroatoms. The number of rotatable bonds is 6. The first-order chi connectivity index (χ1) is 9.78. The van der Waals surface area contributed by atoms with Gasteiger partial charge in [-0.25, -0.2) is 0 Å². The van der Waals surface area contributed by atoms with E-state index in [1.165, 1.54) is 37.8 Å². The van der Waals surface area contributed by atoms with E-state index < -0.39 is 0 Å². The maximum absolute atomic E-state index is 5.67. The molecule has 0 saturated carbocycles. The standard InChI is InChI=1S/C17H27NO2/c1-4-15-8-6-7-11-18(15)13-14-9-10-16(19-3)17(12-14)20-5-2/h9-10,12,15H,4-8,11,13H2,1-3H3/t15-/m0/s1. The van der Waals surface area contributed by atoms with Gasteiger partial charge < -0.3 is 9.47 Å². The van der Waals surface area contributed by atoms with Crippen molar-refractivity contribution in [3.63, 3.8) is 0 Å². The van der Waals surface area contributed by atoms with Gasteiger partial charge in [0.25, 0.3) is 0 Å². The molecule has 3 nitrogen and oxygen atoms in total. The second kappa shape index (κ2) is 7.53. The molecule has 20 heavy (non-hydrogen) atoms. The number of nitrogens with zero attached hydrogens (tertiary/aromatic N) is 1. The SMILES string of the molecule is CCOc1cc(CN2CCCC[C@@H]2CC)ccc1OC. The van der Waals surface area contributed by atoms with Crippen LogP contribution in [-0.2, 0) is 6.54 Å². The van der Waals surface area contributed by atoms with Gasteiger partial charge in [0.15, 0.2) is 11.5 Å². The zero-order valence-corrected chi connectivity index (χ0v) is 13.0. The number of piperidine rings is 1. The molecule has 1 aliphatic heterocycles. The lowest BCUT2D eigenvalue weighted by Crippen LogP contribution is -2.38. The summed E-state index contributed by atoms with van der Waals surface area (Å²) in [5.74, 6) is 1.68. The van der Waals surface area contributed by atoms with Crippen LogP contribution in [0.1, 0.15) is 45.1 Å². The summed E-state index contributed by atoms with van der Waals surface area (Å²) < 4.78 is 11.0. The summed E-state index contributed by atoms with van der Waals surface area (Å²) in [6.45, 7) is 7.20. The average Bonchev–Trinajstić information content (AvgIpc) is 2.48. The molecular formula is C17H27NO2. The lowest BCUT2D eigenvalue weighted by molar-refractivity contribution is 0.136. The number of benzene rings is 1. The van der Waals surface area contributed by atoms with Gasteiger partial charge in [-0.2, -0.15) is 0 Å². The predicted molar refractivity (Wildman–Crippen MR) is 82.5 cm³/mol. The summed E-state index contributed by atoms with van der Waals surface area (Å²) >= 11 is 0. The molecule has 0 N–H and O–H groups in total. The Morgan fingerprint density at radius 1 is 1.20 bits per heavy atom. The van der Waals surface area contributed by atoms with Crippen molar-refractivity contribution in [3.05, 3.63) is 23.8 Å². The van der Waals surface area contributed by atoms with Crippen LogP contribution in [-0.4, -0.2) is 31.2 Å². The molecule has 1 heterocycles. The highest BCUT2D eigenvalue weighted by Gasteiger charge is 2.21. The fourth-order valence-corrected chi connectivity index (χ4v) is 3.05. The second-order valence-electron chi connectivity index (χ2n) is 5.45. The van der Waals surface area contributed by atoms with Crippen LogP contribution in [0, 0.1) is 0 Å². The average molecular weight is 277 g/mol. The van der Waals surface area contributed by atoms with Gasteiger partial charge in [-0.3, -0.25) is 4.90 Å². The Morgan fingerprint density at radius 2 is 2.05 bits per heavy atom. The van der Waals surface area contributed by atoms with Crippen LogP contribution in [0.4, 0.5) is 0 Å². The summed E-state index contributed by atoms with van der Waals surface area (Å²) in [6.07, 6.45) is 5.28. The Bertz CT molecular complexity index is 419. The molecule has 0 amide bonds. The number of ether oxygens (including phenoxy) is 2. The van der Waals surface area contributed by atoms with Gasteiger partial charge in [0.2, 0.25) is 0 Å². The third-order valence-corrected chi connectivity index (χ3v) is 4.13. The van der Waals surface area contributed by atoms with Crippen molar-refractivity contribution < 1.29 is 9.47 Å². The van der Waals surface area contributed by atoms with Gasteiger partial charge in [0, 0.05) is 12.6 Å². The van der Waals surface area contributed by atoms with E-state index in [1.807, 2.05) is 13.0 Å². The minimum absolute atomic E-state index is 0.668. The van der Waals surface area contributed by atoms with Crippen molar-refractivity contribution in [2.45, 2.75) is 52.1 Å². The van der Waals surface area contributed by atoms with Gasteiger partial charge >= 0.3 is 0 Å². The van der Waals surface area contributed by atoms with Crippen molar-refractivity contribution in [2.24, 2.45) is 0 Å². The Kier molecular flexibility index (Phi) is 5.72. The van der Waals surface area contributed by atoms with Crippen LogP contribution in [0.3, 0.4) is 0 Å². The minimum atomic E-state index is 0.668. The van der Waals surface area contributed by atoms with Crippen LogP contribution in [0.15, 0.2) is 18.2 Å². The molecule has 0 aliphatic carbocycles. The lowest BCUT2D eigenvalue weighted by Gasteiger charge is -2.35. The number of methoxy groups -OCH3 is 1. The molecule has 0 unspecified atom stereocenters. The van der Waals surface area contributed by atoms with E-state index >= 15 is 0 Å². The van der Waals surface area contributed by atoms with Crippen molar-refractivity contribution in [1.82, 2.24) is 4.90 Å². The summed E-state index contributed by atoms with van der Waals surface area (Å²) in [4.78, 5) is 2.61. The van der Waals surface area contributed by atoms with E-state index in [1.54, 1.807) is 7.11 Å². The summed E-state index contributed by atoms with van der Waals surface area (Å²) in [5, 5.41) is 0. The first-order valence-corrected chi connectivity index (χ1v) is 7.82. The number of hydrogen-bond donors (Lipinski definition) is 0. The number of hydrogen-bond acceptors (Lipinski definition) is 3. The van der Waals surface area contributed by atoms with Crippen molar-refractivity contribution in [1.29, 1.82) is 0 Å². The van der Waals surface area contributed by atoms with E-state index in [0.29, 0.717) is 6.61 Å². The summed E-state index contributed by atoms with van der Waals surface area (Å²) in [6, 6.07) is 7.04. The maximum atomic E-state index is 5.67. The van der Waals surface area contributed by atoms with Gasteiger partial charge in [0.05, 0.1) is 13.7 Å². The minimum Gasteiger partial charge on any atom is -0.493 e. The van der Waals surface area contributed by atoms with Gasteiger partial charge in [-0.1, -0.05) is 19.4 Å². The van der Waals surface area contributed by atoms with E-state index in [9.17, 15) is 0 Å². The summed E-state index contributed by atoms with van der Waals surface area (Å²) in [5.41, 5.74) is 1.31. The lowest BCUT2D eigenvalue weighted by atomic mass is 9.99. The molecule has 2 rings (SSSR count). The van der Waals surface area contributed by atoms with Crippen molar-refractivity contribution >= 4 is 0 Å². The molecule has 0 aromatic heterocycles. The Labute approximate surface area is 122 Å². The molecular weight excluding hydrogens is 250 g/mol. The highest BCUT2D eigenvalue weighted by molar-refractivity contribution is 5.43. The molecule has 1 atom stereocenters. The first-order valence-electron chi connectivity index (χ1n) is 7.82. The quantitative estimate of drug-likeness (QED) is 0.788. The molecule has 1 saturated heterocycles. The van der Waals surface area contributed by atoms with Gasteiger partial charge in [0.1, 0.15) is 0 Å². The van der Waals surface area contributed by atoms with Crippen molar-refractivity contribution in [3.8, 4) is 11.5 Å². The monoisotopic (exact) mass is 277 g/mol. The molecule has 1 fully saturated rings. The zero-order chi connectivity index (χ0) is 14.4. The molecule has 112 valence electrons. The first kappa shape index (κ1) is 15.2. The van der Waals surface area contributed by atoms with E-state index in [4.69, 9.17) is 9.47 Å². The van der Waals surface area contributed by atoms with Crippen LogP contribution in [0.25, 0.3) is 0 Å². The maximum Gasteiger partial charge on any atom is 0.161 e. The van der Waals surface area contributed by atoms with Gasteiger partial charge in [-0.15, -0.1) is 0 Å². The molecule has 0 radical (unpaired) electrons. The smallest absolute Gasteiger partial charge is 0.161 e. The van der Waals surface area contributed by atoms with Crippen LogP contribution < -0.4 is 9.47 Å². The Hall–Kier alpha value is -1.22. The third-order valence-electron chi connectivity index (χ3n) is 4.13. The highest BCUT2D eigenvalue weighted by atomic mass is 16.5. The molecule has 1 aromatic carbocycles. The van der Waals surface area contributed by atoms with Gasteiger partial charge in [-0.05, 0) is 50.4 Å². The summed E-state index contributed by atoms with van der Waals surface area (Å²) in [7, 11) is 1.69. The molecule has 1 aromatic rings. The van der Waals surface area contributed by atoms with E-state index in [2.05, 4.69) is 24.0 Å². The Morgan fingerprint density at radius 3 is 2.75 bits per heavy atom. The topological polar surface area (TPSA) is 21.7 Å². The van der Waals surface area contributed by atoms with Crippen LogP contribution >= 0.6 is 0 Å². The predicted octanol–water partition coefficient (Wildman–Crippen LogP) is 3.86. The fourth-order valence-electron chi connectivity index (χ4n) is 3.05. The molecule has 0 bridgehead atoms. The van der Waals surface area contributed by atoms with Crippen molar-refractivity contribution in [2.75, 3.05) is 20.3 Å². The fraction of sp³-hybridized carbons (Fsp3) is 0.647. The zero-order valence-electron chi connectivity index (χ0n) is 13.0. The second-order valence-corrected chi connectivity index (χ2v) is 5.45. The normalized spacial score (nSPS) is 19.9. The Balaban J connectivity index is 2.10. The van der Waals surface area contributed by atoms with Crippen LogP contribution in [0.2, 0.25) is 0 Å². The van der Waals surface area contributed by atoms with E-state index in [0.717, 1.165) is 24.1 Å². The molecule has 0 spiro atoms.